The maximum absolute atomic E-state index is 12.5. The molecule has 1 N–H and O–H groups in total. The van der Waals surface area contributed by atoms with E-state index in [1.54, 1.807) is 11.9 Å². The largest absolute Gasteiger partial charge is 0.357 e. The number of amides is 2. The third kappa shape index (κ3) is 2.96. The summed E-state index contributed by atoms with van der Waals surface area (Å²) in [6.07, 6.45) is 2.30. The summed E-state index contributed by atoms with van der Waals surface area (Å²) in [5.74, 6) is -0.360. The van der Waals surface area contributed by atoms with E-state index in [0.29, 0.717) is 18.5 Å². The summed E-state index contributed by atoms with van der Waals surface area (Å²) < 4.78 is 0. The number of nitrogens with zero attached hydrogens (tertiary/aromatic N) is 1. The van der Waals surface area contributed by atoms with Crippen molar-refractivity contribution in [2.45, 2.75) is 38.8 Å². The molecular formula is C16H20N2O3. The standard InChI is InChI=1S/C16H20N2O3/c1-3-11-6-7-13-12(9-11)10-18(16(13)21)14(5-4-8-19)15(20)17-2/h6-9,14H,3-5,10H2,1-2H3,(H,17,20). The van der Waals surface area contributed by atoms with E-state index in [-0.39, 0.29) is 18.2 Å². The van der Waals surface area contributed by atoms with Crippen molar-refractivity contribution in [3.8, 4) is 0 Å². The van der Waals surface area contributed by atoms with Gasteiger partial charge in [0.15, 0.2) is 0 Å². The molecule has 2 rings (SSSR count). The van der Waals surface area contributed by atoms with Crippen molar-refractivity contribution < 1.29 is 14.4 Å². The van der Waals surface area contributed by atoms with Crippen LogP contribution in [0.25, 0.3) is 0 Å². The van der Waals surface area contributed by atoms with Crippen LogP contribution < -0.4 is 5.32 Å². The summed E-state index contributed by atoms with van der Waals surface area (Å²) in [7, 11) is 1.54. The van der Waals surface area contributed by atoms with Gasteiger partial charge in [-0.05, 0) is 30.0 Å². The first-order chi connectivity index (χ1) is 10.1. The fourth-order valence-electron chi connectivity index (χ4n) is 2.69. The smallest absolute Gasteiger partial charge is 0.255 e. The average Bonchev–Trinajstić information content (AvgIpc) is 2.83. The molecule has 0 saturated heterocycles. The molecule has 0 spiro atoms. The molecular weight excluding hydrogens is 268 g/mol. The number of nitrogens with one attached hydrogen (secondary N) is 1. The van der Waals surface area contributed by atoms with E-state index in [1.165, 1.54) is 5.56 Å². The van der Waals surface area contributed by atoms with Gasteiger partial charge in [0.25, 0.3) is 5.91 Å². The van der Waals surface area contributed by atoms with Crippen molar-refractivity contribution in [3.05, 3.63) is 34.9 Å². The summed E-state index contributed by atoms with van der Waals surface area (Å²) in [6.45, 7) is 2.49. The molecule has 0 fully saturated rings. The van der Waals surface area contributed by atoms with Gasteiger partial charge in [-0.2, -0.15) is 0 Å². The van der Waals surface area contributed by atoms with E-state index in [0.717, 1.165) is 18.3 Å². The minimum Gasteiger partial charge on any atom is -0.357 e. The minimum absolute atomic E-state index is 0.132. The Hall–Kier alpha value is -2.17. The first kappa shape index (κ1) is 15.2. The van der Waals surface area contributed by atoms with E-state index in [2.05, 4.69) is 12.2 Å². The molecule has 0 aromatic heterocycles. The number of rotatable bonds is 6. The van der Waals surface area contributed by atoms with E-state index in [1.807, 2.05) is 18.2 Å². The lowest BCUT2D eigenvalue weighted by atomic mass is 10.0. The van der Waals surface area contributed by atoms with Gasteiger partial charge in [0.2, 0.25) is 5.91 Å². The van der Waals surface area contributed by atoms with Crippen LogP contribution in [0.2, 0.25) is 0 Å². The van der Waals surface area contributed by atoms with Gasteiger partial charge in [-0.25, -0.2) is 0 Å². The van der Waals surface area contributed by atoms with Gasteiger partial charge in [0.05, 0.1) is 0 Å². The minimum atomic E-state index is -0.592. The highest BCUT2D eigenvalue weighted by atomic mass is 16.2. The summed E-state index contributed by atoms with van der Waals surface area (Å²) >= 11 is 0. The second-order valence-corrected chi connectivity index (χ2v) is 5.15. The number of aryl methyl sites for hydroxylation is 1. The molecule has 1 unspecified atom stereocenters. The monoisotopic (exact) mass is 288 g/mol. The third-order valence-electron chi connectivity index (χ3n) is 3.89. The molecule has 5 nitrogen and oxygen atoms in total. The van der Waals surface area contributed by atoms with Gasteiger partial charge in [0, 0.05) is 25.6 Å². The van der Waals surface area contributed by atoms with Crippen molar-refractivity contribution in [2.24, 2.45) is 0 Å². The topological polar surface area (TPSA) is 66.5 Å². The van der Waals surface area contributed by atoms with E-state index < -0.39 is 6.04 Å². The van der Waals surface area contributed by atoms with Gasteiger partial charge >= 0.3 is 0 Å². The summed E-state index contributed by atoms with van der Waals surface area (Å²) in [4.78, 5) is 36.6. The third-order valence-corrected chi connectivity index (χ3v) is 3.89. The van der Waals surface area contributed by atoms with Crippen LogP contribution in [0.5, 0.6) is 0 Å². The van der Waals surface area contributed by atoms with Crippen LogP contribution in [-0.4, -0.2) is 36.1 Å². The van der Waals surface area contributed by atoms with E-state index in [4.69, 9.17) is 0 Å². The Labute approximate surface area is 124 Å². The van der Waals surface area contributed by atoms with Gasteiger partial charge in [0.1, 0.15) is 12.3 Å². The second-order valence-electron chi connectivity index (χ2n) is 5.15. The first-order valence-electron chi connectivity index (χ1n) is 7.20. The van der Waals surface area contributed by atoms with Crippen LogP contribution in [0.4, 0.5) is 0 Å². The van der Waals surface area contributed by atoms with Crippen LogP contribution in [0, 0.1) is 0 Å². The number of fused-ring (bicyclic) bond motifs is 1. The number of hydrogen-bond acceptors (Lipinski definition) is 3. The lowest BCUT2D eigenvalue weighted by Crippen LogP contribution is -2.46. The Bertz CT molecular complexity index is 569. The molecule has 5 heteroatoms. The molecule has 0 saturated carbocycles. The Morgan fingerprint density at radius 3 is 2.86 bits per heavy atom. The molecule has 21 heavy (non-hydrogen) atoms. The zero-order chi connectivity index (χ0) is 15.4. The maximum Gasteiger partial charge on any atom is 0.255 e. The average molecular weight is 288 g/mol. The van der Waals surface area contributed by atoms with Crippen molar-refractivity contribution in [1.82, 2.24) is 10.2 Å². The van der Waals surface area contributed by atoms with Crippen molar-refractivity contribution in [1.29, 1.82) is 0 Å². The van der Waals surface area contributed by atoms with Crippen molar-refractivity contribution in [2.75, 3.05) is 7.05 Å². The number of carbonyl (C=O) groups is 3. The maximum atomic E-state index is 12.5. The molecule has 0 bridgehead atoms. The number of hydrogen-bond donors (Lipinski definition) is 1. The van der Waals surface area contributed by atoms with Gasteiger partial charge in [-0.3, -0.25) is 9.59 Å². The fourth-order valence-corrected chi connectivity index (χ4v) is 2.69. The Balaban J connectivity index is 2.26. The Kier molecular flexibility index (Phi) is 4.73. The molecule has 1 atom stereocenters. The van der Waals surface area contributed by atoms with Crippen LogP contribution in [-0.2, 0) is 22.6 Å². The van der Waals surface area contributed by atoms with E-state index in [9.17, 15) is 14.4 Å². The molecule has 1 aliphatic heterocycles. The van der Waals surface area contributed by atoms with Gasteiger partial charge in [-0.15, -0.1) is 0 Å². The summed E-state index contributed by atoms with van der Waals surface area (Å²) in [5.41, 5.74) is 2.79. The number of likely N-dealkylation sites (N-methyl/N-ethyl adjacent to an activating group) is 1. The van der Waals surface area contributed by atoms with Crippen LogP contribution in [0.15, 0.2) is 18.2 Å². The van der Waals surface area contributed by atoms with Crippen LogP contribution >= 0.6 is 0 Å². The second kappa shape index (κ2) is 6.52. The number of benzene rings is 1. The lowest BCUT2D eigenvalue weighted by molar-refractivity contribution is -0.125. The molecule has 112 valence electrons. The number of aldehydes is 1. The SMILES string of the molecule is CCc1ccc2c(c1)CN(C(CCC=O)C(=O)NC)C2=O. The normalized spacial score (nSPS) is 14.8. The fraction of sp³-hybridized carbons (Fsp3) is 0.438. The predicted molar refractivity (Wildman–Crippen MR) is 78.8 cm³/mol. The highest BCUT2D eigenvalue weighted by molar-refractivity contribution is 6.01. The molecule has 2 amide bonds. The molecule has 1 aromatic carbocycles. The lowest BCUT2D eigenvalue weighted by Gasteiger charge is -2.25. The highest BCUT2D eigenvalue weighted by Gasteiger charge is 2.35. The van der Waals surface area contributed by atoms with Crippen LogP contribution in [0.1, 0.15) is 41.3 Å². The molecule has 1 aromatic rings. The zero-order valence-corrected chi connectivity index (χ0v) is 12.4. The van der Waals surface area contributed by atoms with Crippen LogP contribution in [0.3, 0.4) is 0 Å². The first-order valence-corrected chi connectivity index (χ1v) is 7.20. The molecule has 0 radical (unpaired) electrons. The Morgan fingerprint density at radius 2 is 2.24 bits per heavy atom. The molecule has 1 heterocycles. The van der Waals surface area contributed by atoms with E-state index >= 15 is 0 Å². The predicted octanol–water partition coefficient (Wildman–Crippen LogP) is 1.30. The summed E-state index contributed by atoms with van der Waals surface area (Å²) in [6, 6.07) is 5.20. The zero-order valence-electron chi connectivity index (χ0n) is 12.4. The number of carbonyl (C=O) groups excluding carboxylic acids is 3. The Morgan fingerprint density at radius 1 is 1.48 bits per heavy atom. The summed E-state index contributed by atoms with van der Waals surface area (Å²) in [5, 5.41) is 2.57. The quantitative estimate of drug-likeness (QED) is 0.802. The highest BCUT2D eigenvalue weighted by Crippen LogP contribution is 2.27. The molecule has 1 aliphatic rings. The van der Waals surface area contributed by atoms with Crippen molar-refractivity contribution in [3.63, 3.8) is 0 Å². The van der Waals surface area contributed by atoms with Crippen molar-refractivity contribution >= 4 is 18.1 Å². The molecule has 0 aliphatic carbocycles. The van der Waals surface area contributed by atoms with Gasteiger partial charge in [-0.1, -0.05) is 19.1 Å². The van der Waals surface area contributed by atoms with Gasteiger partial charge < -0.3 is 15.0 Å².